The summed E-state index contributed by atoms with van der Waals surface area (Å²) >= 11 is 0. The highest BCUT2D eigenvalue weighted by Gasteiger charge is 2.39. The number of ether oxygens (including phenoxy) is 3. The molecule has 5 aromatic carbocycles. The minimum atomic E-state index is -0.709. The third kappa shape index (κ3) is 8.87. The maximum atomic E-state index is 10.1. The second-order valence-electron chi connectivity index (χ2n) is 16.2. The fourth-order valence-electron chi connectivity index (χ4n) is 9.14. The van der Waals surface area contributed by atoms with Crippen LogP contribution >= 0.6 is 0 Å². The van der Waals surface area contributed by atoms with Gasteiger partial charge in [-0.1, -0.05) is 97.1 Å². The van der Waals surface area contributed by atoms with Crippen LogP contribution in [0.5, 0.6) is 11.5 Å². The van der Waals surface area contributed by atoms with E-state index in [2.05, 4.69) is 127 Å². The Morgan fingerprint density at radius 2 is 1.40 bits per heavy atom. The number of hydrogen-bond donors (Lipinski definition) is 1. The number of benzene rings is 5. The van der Waals surface area contributed by atoms with Crippen LogP contribution in [0.15, 0.2) is 152 Å². The molecular formula is C52H52N8O3. The number of methoxy groups -OCH3 is 1. The van der Waals surface area contributed by atoms with Gasteiger partial charge in [-0.15, -0.1) is 0 Å². The second kappa shape index (κ2) is 18.9. The van der Waals surface area contributed by atoms with E-state index in [-0.39, 0.29) is 6.10 Å². The zero-order chi connectivity index (χ0) is 43.0. The van der Waals surface area contributed by atoms with Gasteiger partial charge in [0.05, 0.1) is 37.8 Å². The number of hydrogen-bond acceptors (Lipinski definition) is 10. The van der Waals surface area contributed by atoms with Crippen LogP contribution in [0.1, 0.15) is 47.6 Å². The Morgan fingerprint density at radius 3 is 2.00 bits per heavy atom. The first-order chi connectivity index (χ1) is 31.0. The Kier molecular flexibility index (Phi) is 12.4. The number of nitriles is 1. The van der Waals surface area contributed by atoms with Crippen LogP contribution in [-0.2, 0) is 16.7 Å². The van der Waals surface area contributed by atoms with E-state index in [1.807, 2.05) is 49.5 Å². The zero-order valence-electron chi connectivity index (χ0n) is 35.8. The predicted molar refractivity (Wildman–Crippen MR) is 247 cm³/mol. The first-order valence-corrected chi connectivity index (χ1v) is 21.8. The van der Waals surface area contributed by atoms with E-state index in [9.17, 15) is 5.26 Å². The third-order valence-electron chi connectivity index (χ3n) is 12.3. The lowest BCUT2D eigenvalue weighted by molar-refractivity contribution is 0.0115. The average Bonchev–Trinajstić information content (AvgIpc) is 3.81. The summed E-state index contributed by atoms with van der Waals surface area (Å²) in [5.41, 5.74) is 7.63. The van der Waals surface area contributed by atoms with E-state index in [0.717, 1.165) is 103 Å². The van der Waals surface area contributed by atoms with Crippen LogP contribution in [0.25, 0.3) is 11.1 Å². The topological polar surface area (TPSA) is 114 Å². The minimum absolute atomic E-state index is 0.268. The van der Waals surface area contributed by atoms with E-state index in [0.29, 0.717) is 29.7 Å². The van der Waals surface area contributed by atoms with Gasteiger partial charge in [-0.25, -0.2) is 9.97 Å². The molecule has 2 saturated heterocycles. The van der Waals surface area contributed by atoms with E-state index < -0.39 is 5.54 Å². The Hall–Kier alpha value is -7.00. The molecule has 0 aliphatic carbocycles. The molecule has 1 atom stereocenters. The Balaban J connectivity index is 0.883. The van der Waals surface area contributed by atoms with E-state index in [1.54, 1.807) is 25.6 Å². The summed E-state index contributed by atoms with van der Waals surface area (Å²) in [7, 11) is 1.69. The van der Waals surface area contributed by atoms with Gasteiger partial charge in [0.1, 0.15) is 29.2 Å². The van der Waals surface area contributed by atoms with Crippen molar-refractivity contribution in [2.24, 2.45) is 0 Å². The molecule has 7 aromatic rings. The molecule has 2 fully saturated rings. The largest absolute Gasteiger partial charge is 0.494 e. The molecule has 318 valence electrons. The van der Waals surface area contributed by atoms with E-state index in [4.69, 9.17) is 19.3 Å². The van der Waals surface area contributed by atoms with Crippen LogP contribution in [0.4, 0.5) is 17.3 Å². The maximum absolute atomic E-state index is 10.1. The summed E-state index contributed by atoms with van der Waals surface area (Å²) < 4.78 is 20.0. The normalized spacial score (nSPS) is 15.3. The summed E-state index contributed by atoms with van der Waals surface area (Å²) in [4.78, 5) is 14.3. The number of anilines is 3. The van der Waals surface area contributed by atoms with Gasteiger partial charge in [0, 0.05) is 74.5 Å². The summed E-state index contributed by atoms with van der Waals surface area (Å²) in [5.74, 6) is 1.68. The number of piperidine rings is 1. The van der Waals surface area contributed by atoms with Gasteiger partial charge in [-0.2, -0.15) is 10.4 Å². The van der Waals surface area contributed by atoms with Crippen LogP contribution < -0.4 is 19.7 Å². The van der Waals surface area contributed by atoms with Crippen LogP contribution in [-0.4, -0.2) is 83.3 Å². The lowest BCUT2D eigenvalue weighted by atomic mass is 9.77. The molecule has 11 nitrogen and oxygen atoms in total. The molecule has 4 heterocycles. The van der Waals surface area contributed by atoms with Crippen molar-refractivity contribution in [2.45, 2.75) is 43.9 Å². The molecular weight excluding hydrogens is 785 g/mol. The van der Waals surface area contributed by atoms with Crippen molar-refractivity contribution in [1.29, 1.82) is 5.26 Å². The van der Waals surface area contributed by atoms with Crippen molar-refractivity contribution in [2.75, 3.05) is 56.7 Å². The van der Waals surface area contributed by atoms with Gasteiger partial charge < -0.3 is 24.4 Å². The van der Waals surface area contributed by atoms with Crippen molar-refractivity contribution in [1.82, 2.24) is 24.6 Å². The number of nitrogens with one attached hydrogen (secondary N) is 1. The Morgan fingerprint density at radius 1 is 0.762 bits per heavy atom. The fraction of sp³-hybridized carbons (Fsp3) is 0.269. The molecule has 0 radical (unpaired) electrons. The van der Waals surface area contributed by atoms with Gasteiger partial charge in [0.2, 0.25) is 5.95 Å². The number of morpholine rings is 1. The highest BCUT2D eigenvalue weighted by Crippen LogP contribution is 2.41. The molecule has 2 aliphatic heterocycles. The summed E-state index contributed by atoms with van der Waals surface area (Å²) in [6.45, 7) is 7.77. The molecule has 2 aliphatic rings. The van der Waals surface area contributed by atoms with Crippen molar-refractivity contribution < 1.29 is 14.2 Å². The smallest absolute Gasteiger partial charge is 0.227 e. The standard InChI is InChI=1S/C52H52N8O3/c1-38(30-39-34-56-60(37-39)52(43-12-6-3-7-13-43,44-14-8-4-9-15-44)45-16-10-5-11-17-45)63-49-31-40(18-19-41(49)33-53)42-35-54-51(55-36-42)57-48-21-20-47(32-50(48)61-2)58-24-22-46(23-25-58)59-26-28-62-29-27-59/h3-21,31-32,34-38,46H,22-30H2,1-2H3,(H,54,55,57). The van der Waals surface area contributed by atoms with Crippen LogP contribution in [0, 0.1) is 11.3 Å². The molecule has 9 rings (SSSR count). The third-order valence-corrected chi connectivity index (χ3v) is 12.3. The van der Waals surface area contributed by atoms with Crippen LogP contribution in [0.2, 0.25) is 0 Å². The summed E-state index contributed by atoms with van der Waals surface area (Å²) in [5, 5.41) is 18.4. The summed E-state index contributed by atoms with van der Waals surface area (Å²) in [6.07, 6.45) is 10.2. The monoisotopic (exact) mass is 836 g/mol. The lowest BCUT2D eigenvalue weighted by Gasteiger charge is -2.40. The molecule has 0 amide bonds. The van der Waals surface area contributed by atoms with Gasteiger partial charge in [0.15, 0.2) is 0 Å². The highest BCUT2D eigenvalue weighted by molar-refractivity contribution is 5.70. The first-order valence-electron chi connectivity index (χ1n) is 21.8. The number of aromatic nitrogens is 4. The fourth-order valence-corrected chi connectivity index (χ4v) is 9.14. The van der Waals surface area contributed by atoms with Crippen LogP contribution in [0.3, 0.4) is 0 Å². The van der Waals surface area contributed by atoms with E-state index >= 15 is 0 Å². The SMILES string of the molecule is COc1cc(N2CCC(N3CCOCC3)CC2)ccc1Nc1ncc(-c2ccc(C#N)c(OC(C)Cc3cnn(C(c4ccccc4)(c4ccccc4)c4ccccc4)c3)c2)cn1. The molecule has 2 aromatic heterocycles. The Labute approximate surface area is 369 Å². The van der Waals surface area contributed by atoms with Crippen molar-refractivity contribution in [3.63, 3.8) is 0 Å². The van der Waals surface area contributed by atoms with Gasteiger partial charge in [-0.3, -0.25) is 9.58 Å². The molecule has 1 N–H and O–H groups in total. The average molecular weight is 837 g/mol. The predicted octanol–water partition coefficient (Wildman–Crippen LogP) is 9.12. The van der Waals surface area contributed by atoms with Gasteiger partial charge in [0.25, 0.3) is 0 Å². The quantitative estimate of drug-likeness (QED) is 0.107. The number of rotatable bonds is 14. The van der Waals surface area contributed by atoms with Gasteiger partial charge in [-0.05, 0) is 71.8 Å². The maximum Gasteiger partial charge on any atom is 0.227 e. The molecule has 1 unspecified atom stereocenters. The molecule has 0 bridgehead atoms. The molecule has 63 heavy (non-hydrogen) atoms. The minimum Gasteiger partial charge on any atom is -0.494 e. The Bertz CT molecular complexity index is 2520. The highest BCUT2D eigenvalue weighted by atomic mass is 16.5. The first kappa shape index (κ1) is 41.4. The molecule has 0 saturated carbocycles. The summed E-state index contributed by atoms with van der Waals surface area (Å²) in [6, 6.07) is 46.2. The number of nitrogens with zero attached hydrogens (tertiary/aromatic N) is 7. The van der Waals surface area contributed by atoms with Crippen molar-refractivity contribution in [3.8, 4) is 28.7 Å². The molecule has 0 spiro atoms. The lowest BCUT2D eigenvalue weighted by Crippen LogP contribution is -2.49. The van der Waals surface area contributed by atoms with E-state index in [1.165, 1.54) is 0 Å². The zero-order valence-corrected chi connectivity index (χ0v) is 35.8. The van der Waals surface area contributed by atoms with Gasteiger partial charge >= 0.3 is 0 Å². The van der Waals surface area contributed by atoms with Crippen molar-refractivity contribution in [3.05, 3.63) is 180 Å². The second-order valence-corrected chi connectivity index (χ2v) is 16.2. The van der Waals surface area contributed by atoms with Crippen molar-refractivity contribution >= 4 is 17.3 Å². The molecule has 11 heteroatoms.